The molecule has 5 heteroatoms. The summed E-state index contributed by atoms with van der Waals surface area (Å²) in [5.74, 6) is 0.567. The Morgan fingerprint density at radius 1 is 1.30 bits per heavy atom. The number of benzene rings is 1. The lowest BCUT2D eigenvalue weighted by atomic mass is 9.91. The van der Waals surface area contributed by atoms with Crippen molar-refractivity contribution in [2.45, 2.75) is 38.1 Å². The molecule has 1 aliphatic rings. The lowest BCUT2D eigenvalue weighted by Crippen LogP contribution is -2.33. The standard InChI is InChI=1S/C15H21ClN2O.ClH/c16-13-7-5-12(6-8-13)15(11-3-1-2-4-11)18-14(19)9-10-17;/h5-8,11,15H,1-4,9-10,17H2,(H,18,19);1H. The van der Waals surface area contributed by atoms with E-state index in [0.717, 1.165) is 10.6 Å². The summed E-state index contributed by atoms with van der Waals surface area (Å²) in [5, 5.41) is 3.86. The fourth-order valence-electron chi connectivity index (χ4n) is 2.81. The third kappa shape index (κ3) is 4.65. The number of carbonyl (C=O) groups is 1. The highest BCUT2D eigenvalue weighted by atomic mass is 35.5. The van der Waals surface area contributed by atoms with Gasteiger partial charge in [0.05, 0.1) is 6.04 Å². The summed E-state index contributed by atoms with van der Waals surface area (Å²) in [6.45, 7) is 0.393. The topological polar surface area (TPSA) is 55.1 Å². The Hall–Kier alpha value is -0.770. The average Bonchev–Trinajstić information content (AvgIpc) is 2.91. The first-order chi connectivity index (χ1) is 9.20. The predicted octanol–water partition coefficient (Wildman–Crippen LogP) is 3.46. The molecule has 3 nitrogen and oxygen atoms in total. The SMILES string of the molecule is Cl.NCCC(=O)NC(c1ccc(Cl)cc1)C1CCCC1. The van der Waals surface area contributed by atoms with Gasteiger partial charge in [0.15, 0.2) is 0 Å². The fraction of sp³-hybridized carbons (Fsp3) is 0.533. The molecule has 2 rings (SSSR count). The molecular weight excluding hydrogens is 295 g/mol. The zero-order chi connectivity index (χ0) is 13.7. The highest BCUT2D eigenvalue weighted by Crippen LogP contribution is 2.36. The molecule has 0 aromatic heterocycles. The molecule has 1 unspecified atom stereocenters. The van der Waals surface area contributed by atoms with E-state index in [-0.39, 0.29) is 24.4 Å². The van der Waals surface area contributed by atoms with E-state index in [4.69, 9.17) is 17.3 Å². The summed E-state index contributed by atoms with van der Waals surface area (Å²) in [4.78, 5) is 11.8. The van der Waals surface area contributed by atoms with Crippen LogP contribution in [0.3, 0.4) is 0 Å². The van der Waals surface area contributed by atoms with E-state index in [9.17, 15) is 4.79 Å². The molecule has 1 atom stereocenters. The first-order valence-electron chi connectivity index (χ1n) is 6.95. The summed E-state index contributed by atoms with van der Waals surface area (Å²) < 4.78 is 0. The maximum Gasteiger partial charge on any atom is 0.221 e. The molecular formula is C15H22Cl2N2O. The number of carbonyl (C=O) groups excluding carboxylic acids is 1. The van der Waals surface area contributed by atoms with Gasteiger partial charge in [0.1, 0.15) is 0 Å². The smallest absolute Gasteiger partial charge is 0.221 e. The fourth-order valence-corrected chi connectivity index (χ4v) is 2.94. The van der Waals surface area contributed by atoms with Gasteiger partial charge < -0.3 is 11.1 Å². The van der Waals surface area contributed by atoms with Crippen molar-refractivity contribution in [2.24, 2.45) is 11.7 Å². The van der Waals surface area contributed by atoms with Gasteiger partial charge in [-0.2, -0.15) is 0 Å². The van der Waals surface area contributed by atoms with Crippen molar-refractivity contribution < 1.29 is 4.79 Å². The van der Waals surface area contributed by atoms with E-state index in [0.29, 0.717) is 18.9 Å². The maximum absolute atomic E-state index is 11.8. The highest BCUT2D eigenvalue weighted by molar-refractivity contribution is 6.30. The molecule has 0 bridgehead atoms. The normalized spacial score (nSPS) is 16.5. The van der Waals surface area contributed by atoms with Gasteiger partial charge in [-0.05, 0) is 36.5 Å². The van der Waals surface area contributed by atoms with Crippen molar-refractivity contribution in [3.8, 4) is 0 Å². The molecule has 1 amide bonds. The summed E-state index contributed by atoms with van der Waals surface area (Å²) in [7, 11) is 0. The molecule has 1 saturated carbocycles. The first kappa shape index (κ1) is 17.3. The van der Waals surface area contributed by atoms with Gasteiger partial charge in [-0.3, -0.25) is 4.79 Å². The lowest BCUT2D eigenvalue weighted by molar-refractivity contribution is -0.122. The molecule has 0 saturated heterocycles. The van der Waals surface area contributed by atoms with Crippen molar-refractivity contribution in [1.29, 1.82) is 0 Å². The Balaban J connectivity index is 0.00000200. The van der Waals surface area contributed by atoms with E-state index in [1.165, 1.54) is 25.7 Å². The van der Waals surface area contributed by atoms with Crippen LogP contribution in [0.5, 0.6) is 0 Å². The minimum absolute atomic E-state index is 0. The van der Waals surface area contributed by atoms with E-state index in [2.05, 4.69) is 5.32 Å². The molecule has 1 aliphatic carbocycles. The highest BCUT2D eigenvalue weighted by Gasteiger charge is 2.27. The van der Waals surface area contributed by atoms with E-state index >= 15 is 0 Å². The van der Waals surface area contributed by atoms with Gasteiger partial charge in [0, 0.05) is 18.0 Å². The average molecular weight is 317 g/mol. The van der Waals surface area contributed by atoms with Gasteiger partial charge >= 0.3 is 0 Å². The van der Waals surface area contributed by atoms with Crippen LogP contribution in [-0.4, -0.2) is 12.5 Å². The van der Waals surface area contributed by atoms with Crippen LogP contribution in [-0.2, 0) is 4.79 Å². The second-order valence-corrected chi connectivity index (χ2v) is 5.62. The Morgan fingerprint density at radius 2 is 1.90 bits per heavy atom. The van der Waals surface area contributed by atoms with Crippen LogP contribution >= 0.6 is 24.0 Å². The predicted molar refractivity (Wildman–Crippen MR) is 85.2 cm³/mol. The molecule has 1 aromatic rings. The molecule has 0 spiro atoms. The molecule has 3 N–H and O–H groups in total. The number of halogens is 2. The molecule has 112 valence electrons. The van der Waals surface area contributed by atoms with Gasteiger partial charge in [-0.25, -0.2) is 0 Å². The van der Waals surface area contributed by atoms with E-state index in [1.807, 2.05) is 24.3 Å². The first-order valence-corrected chi connectivity index (χ1v) is 7.33. The summed E-state index contributed by atoms with van der Waals surface area (Å²) in [6.07, 6.45) is 5.24. The quantitative estimate of drug-likeness (QED) is 0.874. The molecule has 0 radical (unpaired) electrons. The van der Waals surface area contributed by atoms with Crippen LogP contribution in [0.1, 0.15) is 43.7 Å². The zero-order valence-electron chi connectivity index (χ0n) is 11.5. The largest absolute Gasteiger partial charge is 0.349 e. The Labute approximate surface area is 131 Å². The van der Waals surface area contributed by atoms with Crippen LogP contribution in [0.4, 0.5) is 0 Å². The molecule has 20 heavy (non-hydrogen) atoms. The summed E-state index contributed by atoms with van der Waals surface area (Å²) >= 11 is 5.93. The monoisotopic (exact) mass is 316 g/mol. The van der Waals surface area contributed by atoms with Crippen LogP contribution in [0, 0.1) is 5.92 Å². The molecule has 1 aromatic carbocycles. The second kappa shape index (κ2) is 8.50. The number of rotatable bonds is 5. The van der Waals surface area contributed by atoms with Crippen molar-refractivity contribution >= 4 is 29.9 Å². The number of amides is 1. The van der Waals surface area contributed by atoms with Crippen LogP contribution in [0.15, 0.2) is 24.3 Å². The molecule has 0 aliphatic heterocycles. The van der Waals surface area contributed by atoms with Crippen LogP contribution in [0.2, 0.25) is 5.02 Å². The minimum Gasteiger partial charge on any atom is -0.349 e. The van der Waals surface area contributed by atoms with Gasteiger partial charge in [-0.1, -0.05) is 36.6 Å². The van der Waals surface area contributed by atoms with Gasteiger partial charge in [0.25, 0.3) is 0 Å². The molecule has 0 heterocycles. The lowest BCUT2D eigenvalue weighted by Gasteiger charge is -2.25. The number of hydrogen-bond donors (Lipinski definition) is 2. The molecule has 1 fully saturated rings. The van der Waals surface area contributed by atoms with Gasteiger partial charge in [0.2, 0.25) is 5.91 Å². The zero-order valence-corrected chi connectivity index (χ0v) is 13.1. The third-order valence-corrected chi connectivity index (χ3v) is 4.04. The summed E-state index contributed by atoms with van der Waals surface area (Å²) in [5.41, 5.74) is 6.58. The Bertz CT molecular complexity index is 416. The number of nitrogens with one attached hydrogen (secondary N) is 1. The van der Waals surface area contributed by atoms with E-state index in [1.54, 1.807) is 0 Å². The van der Waals surface area contributed by atoms with Crippen molar-refractivity contribution in [1.82, 2.24) is 5.32 Å². The number of nitrogens with two attached hydrogens (primary N) is 1. The maximum atomic E-state index is 11.8. The Morgan fingerprint density at radius 3 is 2.45 bits per heavy atom. The van der Waals surface area contributed by atoms with Crippen LogP contribution < -0.4 is 11.1 Å². The van der Waals surface area contributed by atoms with Crippen molar-refractivity contribution in [3.05, 3.63) is 34.9 Å². The third-order valence-electron chi connectivity index (χ3n) is 3.79. The van der Waals surface area contributed by atoms with Crippen molar-refractivity contribution in [3.63, 3.8) is 0 Å². The summed E-state index contributed by atoms with van der Waals surface area (Å²) in [6, 6.07) is 7.88. The van der Waals surface area contributed by atoms with Gasteiger partial charge in [-0.15, -0.1) is 12.4 Å². The number of hydrogen-bond acceptors (Lipinski definition) is 2. The minimum atomic E-state index is 0. The second-order valence-electron chi connectivity index (χ2n) is 5.18. The van der Waals surface area contributed by atoms with E-state index < -0.39 is 0 Å². The van der Waals surface area contributed by atoms with Crippen molar-refractivity contribution in [2.75, 3.05) is 6.54 Å². The Kier molecular flexibility index (Phi) is 7.35. The van der Waals surface area contributed by atoms with Crippen LogP contribution in [0.25, 0.3) is 0 Å².